The van der Waals surface area contributed by atoms with Gasteiger partial charge in [-0.15, -0.1) is 0 Å². The fourth-order valence-electron chi connectivity index (χ4n) is 2.63. The Morgan fingerprint density at radius 3 is 2.14 bits per heavy atom. The molecule has 7 heteroatoms. The summed E-state index contributed by atoms with van der Waals surface area (Å²) < 4.78 is 40.2. The van der Waals surface area contributed by atoms with Crippen molar-refractivity contribution in [2.45, 2.75) is 37.6 Å². The van der Waals surface area contributed by atoms with Crippen molar-refractivity contribution in [2.24, 2.45) is 5.73 Å². The number of halogens is 3. The summed E-state index contributed by atoms with van der Waals surface area (Å²) in [6, 6.07) is 0.929. The second-order valence-electron chi connectivity index (χ2n) is 5.21. The highest BCUT2D eigenvalue weighted by Gasteiger charge is 2.37. The fourth-order valence-corrected chi connectivity index (χ4v) is 2.88. The molecule has 1 amide bonds. The highest BCUT2D eigenvalue weighted by atomic mass is 32.1. The number of amides is 1. The Morgan fingerprint density at radius 1 is 1.14 bits per heavy atom. The Kier molecular flexibility index (Phi) is 4.51. The molecule has 0 radical (unpaired) electrons. The molecule has 0 spiro atoms. The number of thiocarbonyl (C=S) groups is 1. The number of rotatable bonds is 3. The molecule has 0 aromatic heterocycles. The average molecular weight is 316 g/mol. The SMILES string of the molecule is NC(=S)C1(NC(=O)c2c(F)cc(F)cc2F)CCCCC1. The first kappa shape index (κ1) is 15.8. The number of benzene rings is 1. The van der Waals surface area contributed by atoms with Gasteiger partial charge in [-0.1, -0.05) is 31.5 Å². The van der Waals surface area contributed by atoms with Crippen LogP contribution < -0.4 is 11.1 Å². The lowest BCUT2D eigenvalue weighted by atomic mass is 9.81. The van der Waals surface area contributed by atoms with Gasteiger partial charge >= 0.3 is 0 Å². The van der Waals surface area contributed by atoms with Gasteiger partial charge in [0.05, 0.1) is 10.5 Å². The van der Waals surface area contributed by atoms with Gasteiger partial charge in [-0.3, -0.25) is 4.79 Å². The van der Waals surface area contributed by atoms with E-state index >= 15 is 0 Å². The minimum Gasteiger partial charge on any atom is -0.391 e. The standard InChI is InChI=1S/C14H15F3N2OS/c15-8-6-9(16)11(10(17)7-8)12(20)19-14(13(18)21)4-2-1-3-5-14/h6-7H,1-5H2,(H2,18,21)(H,19,20). The van der Waals surface area contributed by atoms with Crippen LogP contribution in [-0.2, 0) is 0 Å². The summed E-state index contributed by atoms with van der Waals surface area (Å²) in [6.07, 6.45) is 3.66. The molecule has 3 N–H and O–H groups in total. The molecule has 1 aliphatic rings. The molecule has 0 heterocycles. The van der Waals surface area contributed by atoms with Gasteiger partial charge in [-0.2, -0.15) is 0 Å². The third kappa shape index (κ3) is 3.18. The Balaban J connectivity index is 2.30. The number of hydrogen-bond donors (Lipinski definition) is 2. The van der Waals surface area contributed by atoms with Crippen molar-refractivity contribution in [1.82, 2.24) is 5.32 Å². The maximum absolute atomic E-state index is 13.6. The first-order chi connectivity index (χ1) is 9.85. The number of carbonyl (C=O) groups excluding carboxylic acids is 1. The summed E-state index contributed by atoms with van der Waals surface area (Å²) in [6.45, 7) is 0. The lowest BCUT2D eigenvalue weighted by Crippen LogP contribution is -2.57. The van der Waals surface area contributed by atoms with E-state index in [1.807, 2.05) is 0 Å². The second-order valence-corrected chi connectivity index (χ2v) is 5.65. The van der Waals surface area contributed by atoms with Gasteiger partial charge in [0.25, 0.3) is 5.91 Å². The van der Waals surface area contributed by atoms with Crippen molar-refractivity contribution in [3.8, 4) is 0 Å². The molecule has 1 aliphatic carbocycles. The van der Waals surface area contributed by atoms with Crippen molar-refractivity contribution in [1.29, 1.82) is 0 Å². The van der Waals surface area contributed by atoms with Crippen LogP contribution >= 0.6 is 12.2 Å². The molecular formula is C14H15F3N2OS. The van der Waals surface area contributed by atoms with Crippen molar-refractivity contribution in [3.63, 3.8) is 0 Å². The zero-order valence-corrected chi connectivity index (χ0v) is 12.0. The molecule has 0 unspecified atom stereocenters. The van der Waals surface area contributed by atoms with E-state index in [1.165, 1.54) is 0 Å². The molecule has 3 nitrogen and oxygen atoms in total. The Labute approximate surface area is 125 Å². The zero-order valence-electron chi connectivity index (χ0n) is 11.2. The third-order valence-corrected chi connectivity index (χ3v) is 4.16. The summed E-state index contributed by atoms with van der Waals surface area (Å²) in [4.78, 5) is 12.2. The molecule has 0 saturated heterocycles. The molecule has 1 fully saturated rings. The van der Waals surface area contributed by atoms with Gasteiger partial charge in [0, 0.05) is 12.1 Å². The van der Waals surface area contributed by atoms with E-state index in [-0.39, 0.29) is 4.99 Å². The van der Waals surface area contributed by atoms with E-state index < -0.39 is 34.5 Å². The van der Waals surface area contributed by atoms with Gasteiger partial charge < -0.3 is 11.1 Å². The van der Waals surface area contributed by atoms with Gasteiger partial charge in [0.15, 0.2) is 0 Å². The molecule has 1 saturated carbocycles. The van der Waals surface area contributed by atoms with E-state index in [0.29, 0.717) is 25.0 Å². The topological polar surface area (TPSA) is 55.1 Å². The molecule has 0 atom stereocenters. The van der Waals surface area contributed by atoms with Gasteiger partial charge in [-0.05, 0) is 12.8 Å². The van der Waals surface area contributed by atoms with Crippen LogP contribution in [0.15, 0.2) is 12.1 Å². The zero-order chi connectivity index (χ0) is 15.6. The smallest absolute Gasteiger partial charge is 0.258 e. The summed E-state index contributed by atoms with van der Waals surface area (Å²) in [5, 5.41) is 2.54. The van der Waals surface area contributed by atoms with E-state index in [2.05, 4.69) is 5.32 Å². The summed E-state index contributed by atoms with van der Waals surface area (Å²) in [7, 11) is 0. The Hall–Kier alpha value is -1.63. The van der Waals surface area contributed by atoms with Crippen LogP contribution in [0.4, 0.5) is 13.2 Å². The normalized spacial score (nSPS) is 17.3. The minimum absolute atomic E-state index is 0.0958. The van der Waals surface area contributed by atoms with Crippen molar-refractivity contribution >= 4 is 23.1 Å². The maximum atomic E-state index is 13.6. The van der Waals surface area contributed by atoms with Crippen molar-refractivity contribution in [3.05, 3.63) is 35.1 Å². The van der Waals surface area contributed by atoms with Gasteiger partial charge in [-0.25, -0.2) is 13.2 Å². The van der Waals surface area contributed by atoms with E-state index in [9.17, 15) is 18.0 Å². The third-order valence-electron chi connectivity index (χ3n) is 3.77. The highest BCUT2D eigenvalue weighted by Crippen LogP contribution is 2.29. The molecular weight excluding hydrogens is 301 g/mol. The first-order valence-corrected chi connectivity index (χ1v) is 7.03. The maximum Gasteiger partial charge on any atom is 0.258 e. The van der Waals surface area contributed by atoms with Crippen molar-refractivity contribution < 1.29 is 18.0 Å². The number of hydrogen-bond acceptors (Lipinski definition) is 2. The van der Waals surface area contributed by atoms with E-state index in [0.717, 1.165) is 19.3 Å². The molecule has 21 heavy (non-hydrogen) atoms. The quantitative estimate of drug-likeness (QED) is 0.843. The Morgan fingerprint density at radius 2 is 1.67 bits per heavy atom. The van der Waals surface area contributed by atoms with E-state index in [4.69, 9.17) is 18.0 Å². The Bertz CT molecular complexity index is 563. The van der Waals surface area contributed by atoms with Gasteiger partial charge in [0.2, 0.25) is 0 Å². The largest absolute Gasteiger partial charge is 0.391 e. The minimum atomic E-state index is -1.25. The first-order valence-electron chi connectivity index (χ1n) is 6.63. The molecule has 2 rings (SSSR count). The lowest BCUT2D eigenvalue weighted by Gasteiger charge is -2.37. The molecule has 0 aliphatic heterocycles. The van der Waals surface area contributed by atoms with Gasteiger partial charge in [0.1, 0.15) is 23.0 Å². The number of nitrogens with two attached hydrogens (primary N) is 1. The molecule has 0 bridgehead atoms. The molecule has 114 valence electrons. The van der Waals surface area contributed by atoms with Crippen LogP contribution in [0.3, 0.4) is 0 Å². The predicted octanol–water partition coefficient (Wildman–Crippen LogP) is 2.82. The molecule has 1 aromatic rings. The highest BCUT2D eigenvalue weighted by molar-refractivity contribution is 7.80. The molecule has 1 aromatic carbocycles. The summed E-state index contributed by atoms with van der Waals surface area (Å²) in [5.41, 5.74) is 3.94. The average Bonchev–Trinajstić information content (AvgIpc) is 2.38. The van der Waals surface area contributed by atoms with Crippen LogP contribution in [0.2, 0.25) is 0 Å². The van der Waals surface area contributed by atoms with Crippen LogP contribution in [0, 0.1) is 17.5 Å². The lowest BCUT2D eigenvalue weighted by molar-refractivity contribution is 0.0899. The summed E-state index contributed by atoms with van der Waals surface area (Å²) >= 11 is 5.00. The monoisotopic (exact) mass is 316 g/mol. The fraction of sp³-hybridized carbons (Fsp3) is 0.429. The van der Waals surface area contributed by atoms with Crippen LogP contribution in [0.1, 0.15) is 42.5 Å². The summed E-state index contributed by atoms with van der Waals surface area (Å²) in [5.74, 6) is -4.55. The predicted molar refractivity (Wildman–Crippen MR) is 76.4 cm³/mol. The number of nitrogens with one attached hydrogen (secondary N) is 1. The van der Waals surface area contributed by atoms with Crippen LogP contribution in [0.25, 0.3) is 0 Å². The van der Waals surface area contributed by atoms with E-state index in [1.54, 1.807) is 0 Å². The second kappa shape index (κ2) is 6.01. The number of carbonyl (C=O) groups is 1. The van der Waals surface area contributed by atoms with Crippen LogP contribution in [-0.4, -0.2) is 16.4 Å². The van der Waals surface area contributed by atoms with Crippen molar-refractivity contribution in [2.75, 3.05) is 0 Å². The van der Waals surface area contributed by atoms with Crippen LogP contribution in [0.5, 0.6) is 0 Å².